The van der Waals surface area contributed by atoms with Gasteiger partial charge in [-0.25, -0.2) is 0 Å². The molecule has 0 aliphatic heterocycles. The highest BCUT2D eigenvalue weighted by atomic mass is 16.3. The van der Waals surface area contributed by atoms with Crippen LogP contribution in [0, 0.1) is 23.7 Å². The minimum atomic E-state index is -1.21. The highest BCUT2D eigenvalue weighted by Crippen LogP contribution is 2.43. The van der Waals surface area contributed by atoms with E-state index in [0.717, 1.165) is 0 Å². The molecule has 54 heavy (non-hydrogen) atoms. The Morgan fingerprint density at radius 1 is 0.278 bits per heavy atom. The first-order valence-electron chi connectivity index (χ1n) is 17.1. The highest BCUT2D eigenvalue weighted by molar-refractivity contribution is 5.64. The molecule has 262 valence electrons. The Kier molecular flexibility index (Phi) is 9.43. The van der Waals surface area contributed by atoms with Gasteiger partial charge in [0.15, 0.2) is 0 Å². The molecule has 0 aliphatic rings. The van der Waals surface area contributed by atoms with Gasteiger partial charge in [0.2, 0.25) is 0 Å². The zero-order chi connectivity index (χ0) is 37.7. The summed E-state index contributed by atoms with van der Waals surface area (Å²) in [5, 5.41) is 63.4. The summed E-state index contributed by atoms with van der Waals surface area (Å²) in [5.74, 6) is 13.8. The van der Waals surface area contributed by atoms with Gasteiger partial charge in [-0.15, -0.1) is 0 Å². The number of phenols is 6. The fraction of sp³-hybridized carbons (Fsp3) is 0.0417. The Balaban J connectivity index is 1.37. The SMILES string of the molecule is Oc1cccc(C(C#Cc2ccc(C#CC(c3cccc(O)c3)(c3cccc(O)c3)c3cccc(O)c3)cc2)(c2cccc(O)c2)c2cccc(O)c2)c1. The molecule has 0 saturated heterocycles. The van der Waals surface area contributed by atoms with Gasteiger partial charge in [0.25, 0.3) is 0 Å². The van der Waals surface area contributed by atoms with Crippen molar-refractivity contribution in [2.24, 2.45) is 0 Å². The molecule has 0 amide bonds. The first-order chi connectivity index (χ1) is 26.2. The van der Waals surface area contributed by atoms with E-state index in [9.17, 15) is 30.6 Å². The zero-order valence-corrected chi connectivity index (χ0v) is 28.8. The number of hydrogen-bond acceptors (Lipinski definition) is 6. The van der Waals surface area contributed by atoms with E-state index >= 15 is 0 Å². The van der Waals surface area contributed by atoms with Gasteiger partial charge in [-0.05, 0) is 130 Å². The molecule has 0 aromatic heterocycles. The van der Waals surface area contributed by atoms with E-state index in [1.807, 2.05) is 60.7 Å². The molecule has 0 saturated carbocycles. The van der Waals surface area contributed by atoms with Gasteiger partial charge in [0.05, 0.1) is 0 Å². The lowest BCUT2D eigenvalue weighted by Gasteiger charge is -2.31. The molecule has 0 radical (unpaired) electrons. The van der Waals surface area contributed by atoms with Gasteiger partial charge < -0.3 is 30.6 Å². The van der Waals surface area contributed by atoms with Gasteiger partial charge in [-0.1, -0.05) is 96.5 Å². The third-order valence-corrected chi connectivity index (χ3v) is 9.35. The second-order valence-corrected chi connectivity index (χ2v) is 12.9. The van der Waals surface area contributed by atoms with E-state index in [2.05, 4.69) is 23.7 Å². The smallest absolute Gasteiger partial charge is 0.115 e. The summed E-state index contributed by atoms with van der Waals surface area (Å²) in [4.78, 5) is 0. The molecule has 7 rings (SSSR count). The number of benzene rings is 7. The lowest BCUT2D eigenvalue weighted by atomic mass is 9.69. The van der Waals surface area contributed by atoms with Crippen molar-refractivity contribution in [1.82, 2.24) is 0 Å². The Morgan fingerprint density at radius 3 is 0.667 bits per heavy atom. The molecule has 0 atom stereocenters. The van der Waals surface area contributed by atoms with Gasteiger partial charge in [0, 0.05) is 11.1 Å². The maximum Gasteiger partial charge on any atom is 0.115 e. The molecule has 6 nitrogen and oxygen atoms in total. The van der Waals surface area contributed by atoms with E-state index in [0.29, 0.717) is 44.5 Å². The van der Waals surface area contributed by atoms with Crippen LogP contribution in [0.25, 0.3) is 0 Å². The lowest BCUT2D eigenvalue weighted by Crippen LogP contribution is -2.27. The Hall–Kier alpha value is -7.54. The van der Waals surface area contributed by atoms with Gasteiger partial charge in [0.1, 0.15) is 45.3 Å². The van der Waals surface area contributed by atoms with Crippen LogP contribution in [-0.4, -0.2) is 30.6 Å². The molecule has 0 unspecified atom stereocenters. The summed E-state index contributed by atoms with van der Waals surface area (Å²) in [6.07, 6.45) is 0. The summed E-state index contributed by atoms with van der Waals surface area (Å²) in [7, 11) is 0. The number of phenolic OH excluding ortho intramolecular Hbond substituents is 6. The summed E-state index contributed by atoms with van der Waals surface area (Å²) < 4.78 is 0. The van der Waals surface area contributed by atoms with Crippen molar-refractivity contribution in [3.63, 3.8) is 0 Å². The number of hydrogen-bond donors (Lipinski definition) is 6. The van der Waals surface area contributed by atoms with E-state index in [-0.39, 0.29) is 34.5 Å². The van der Waals surface area contributed by atoms with Crippen LogP contribution in [0.3, 0.4) is 0 Å². The van der Waals surface area contributed by atoms with E-state index in [1.54, 1.807) is 109 Å². The first kappa shape index (κ1) is 34.9. The molecule has 0 fully saturated rings. The molecule has 0 heterocycles. The van der Waals surface area contributed by atoms with Crippen LogP contribution < -0.4 is 0 Å². The molecule has 0 aliphatic carbocycles. The molecular formula is C48H34O6. The minimum absolute atomic E-state index is 0.0418. The predicted molar refractivity (Wildman–Crippen MR) is 209 cm³/mol. The maximum atomic E-state index is 10.6. The average Bonchev–Trinajstić information content (AvgIpc) is 3.16. The Bertz CT molecular complexity index is 2200. The van der Waals surface area contributed by atoms with Crippen LogP contribution in [0.4, 0.5) is 0 Å². The van der Waals surface area contributed by atoms with Crippen molar-refractivity contribution in [3.8, 4) is 58.2 Å². The van der Waals surface area contributed by atoms with Gasteiger partial charge in [-0.2, -0.15) is 0 Å². The van der Waals surface area contributed by atoms with E-state index < -0.39 is 10.8 Å². The van der Waals surface area contributed by atoms with Crippen LogP contribution in [-0.2, 0) is 10.8 Å². The molecule has 0 spiro atoms. The zero-order valence-electron chi connectivity index (χ0n) is 28.8. The predicted octanol–water partition coefficient (Wildman–Crippen LogP) is 8.69. The Morgan fingerprint density at radius 2 is 0.481 bits per heavy atom. The van der Waals surface area contributed by atoms with E-state index in [4.69, 9.17) is 0 Å². The molecule has 7 aromatic rings. The highest BCUT2D eigenvalue weighted by Gasteiger charge is 2.37. The summed E-state index contributed by atoms with van der Waals surface area (Å²) >= 11 is 0. The summed E-state index contributed by atoms with van der Waals surface area (Å²) in [5.41, 5.74) is 2.71. The van der Waals surface area contributed by atoms with Crippen LogP contribution in [0.5, 0.6) is 34.5 Å². The van der Waals surface area contributed by atoms with Crippen LogP contribution in [0.1, 0.15) is 44.5 Å². The second kappa shape index (κ2) is 14.6. The van der Waals surface area contributed by atoms with Crippen molar-refractivity contribution in [1.29, 1.82) is 0 Å². The molecule has 0 bridgehead atoms. The standard InChI is InChI=1S/C48H34O6/c49-41-13-1-7-35(27-41)47(36-8-2-14-42(50)28-36,37-9-3-15-43(51)29-37)25-23-33-19-21-34(22-20-33)24-26-48(38-10-4-16-44(52)30-38,39-11-5-17-45(53)31-39)40-12-6-18-46(54)32-40/h1-22,27-32,49-54H. The Labute approximate surface area is 313 Å². The van der Waals surface area contributed by atoms with Crippen LogP contribution >= 0.6 is 0 Å². The molecule has 7 aromatic carbocycles. The number of rotatable bonds is 6. The first-order valence-corrected chi connectivity index (χ1v) is 17.1. The fourth-order valence-corrected chi connectivity index (χ4v) is 6.84. The average molecular weight is 707 g/mol. The van der Waals surface area contributed by atoms with Crippen LogP contribution in [0.15, 0.2) is 170 Å². The lowest BCUT2D eigenvalue weighted by molar-refractivity contribution is 0.470. The second-order valence-electron chi connectivity index (χ2n) is 12.9. The largest absolute Gasteiger partial charge is 0.508 e. The monoisotopic (exact) mass is 706 g/mol. The summed E-state index contributed by atoms with van der Waals surface area (Å²) in [6, 6.07) is 48.0. The molecule has 6 heteroatoms. The van der Waals surface area contributed by atoms with Crippen molar-refractivity contribution in [3.05, 3.63) is 214 Å². The number of aromatic hydroxyl groups is 6. The third-order valence-electron chi connectivity index (χ3n) is 9.35. The van der Waals surface area contributed by atoms with Crippen LogP contribution in [0.2, 0.25) is 0 Å². The normalized spacial score (nSPS) is 11.1. The van der Waals surface area contributed by atoms with E-state index in [1.165, 1.54) is 0 Å². The topological polar surface area (TPSA) is 121 Å². The summed E-state index contributed by atoms with van der Waals surface area (Å²) in [6.45, 7) is 0. The molecule has 6 N–H and O–H groups in total. The van der Waals surface area contributed by atoms with Gasteiger partial charge in [-0.3, -0.25) is 0 Å². The van der Waals surface area contributed by atoms with Crippen molar-refractivity contribution >= 4 is 0 Å². The third kappa shape index (κ3) is 6.88. The minimum Gasteiger partial charge on any atom is -0.508 e. The van der Waals surface area contributed by atoms with Gasteiger partial charge >= 0.3 is 0 Å². The molecular weight excluding hydrogens is 673 g/mol. The van der Waals surface area contributed by atoms with Crippen molar-refractivity contribution in [2.75, 3.05) is 0 Å². The maximum absolute atomic E-state index is 10.6. The fourth-order valence-electron chi connectivity index (χ4n) is 6.84. The quantitative estimate of drug-likeness (QED) is 0.0761. The van der Waals surface area contributed by atoms with Crippen molar-refractivity contribution < 1.29 is 30.6 Å². The van der Waals surface area contributed by atoms with Crippen molar-refractivity contribution in [2.45, 2.75) is 10.8 Å².